The van der Waals surface area contributed by atoms with Crippen LogP contribution in [0.25, 0.3) is 0 Å². The van der Waals surface area contributed by atoms with E-state index in [1.54, 1.807) is 6.92 Å². The summed E-state index contributed by atoms with van der Waals surface area (Å²) in [7, 11) is -3.61. The molecule has 1 N–H and O–H groups in total. The normalized spacial score (nSPS) is 15.0. The molecule has 0 saturated carbocycles. The number of nitrogens with one attached hydrogen (secondary N) is 1. The number of morpholine rings is 1. The van der Waals surface area contributed by atoms with Crippen molar-refractivity contribution in [3.63, 3.8) is 0 Å². The number of anilines is 1. The van der Waals surface area contributed by atoms with Crippen LogP contribution in [0.4, 0.5) is 5.13 Å². The molecule has 1 fully saturated rings. The molecule has 174 valence electrons. The standard InChI is InChI=1S/C21H27N3O6S2/c1-14(2)13-30-20(26)19-15(3)23-21(31-19)22-12-18(25)16-4-6-17(7-5-16)32(27,28)24-8-10-29-11-9-24/h4-7,14H,8-13H2,1-3H3,(H,22,23). The highest BCUT2D eigenvalue weighted by molar-refractivity contribution is 7.89. The molecular weight excluding hydrogens is 454 g/mol. The number of carbonyl (C=O) groups is 2. The third kappa shape index (κ3) is 5.91. The maximum atomic E-state index is 12.7. The fourth-order valence-corrected chi connectivity index (χ4v) is 5.24. The van der Waals surface area contributed by atoms with Gasteiger partial charge in [-0.2, -0.15) is 4.31 Å². The van der Waals surface area contributed by atoms with Crippen molar-refractivity contribution in [1.29, 1.82) is 0 Å². The van der Waals surface area contributed by atoms with Gasteiger partial charge < -0.3 is 14.8 Å². The van der Waals surface area contributed by atoms with Gasteiger partial charge in [-0.3, -0.25) is 4.79 Å². The second-order valence-corrected chi connectivity index (χ2v) is 10.7. The predicted molar refractivity (Wildman–Crippen MR) is 121 cm³/mol. The molecule has 1 aromatic heterocycles. The highest BCUT2D eigenvalue weighted by Gasteiger charge is 2.26. The lowest BCUT2D eigenvalue weighted by Crippen LogP contribution is -2.40. The third-order valence-corrected chi connectivity index (χ3v) is 7.72. The van der Waals surface area contributed by atoms with E-state index in [1.807, 2.05) is 13.8 Å². The lowest BCUT2D eigenvalue weighted by atomic mass is 10.1. The lowest BCUT2D eigenvalue weighted by molar-refractivity contribution is 0.0463. The maximum absolute atomic E-state index is 12.7. The summed E-state index contributed by atoms with van der Waals surface area (Å²) in [5, 5.41) is 3.37. The number of Topliss-reactive ketones (excluding diaryl/α,β-unsaturated/α-hetero) is 1. The van der Waals surface area contributed by atoms with Crippen molar-refractivity contribution >= 4 is 38.2 Å². The van der Waals surface area contributed by atoms with Crippen molar-refractivity contribution in [1.82, 2.24) is 9.29 Å². The Bertz CT molecular complexity index is 1060. The number of nitrogens with zero attached hydrogens (tertiary/aromatic N) is 2. The van der Waals surface area contributed by atoms with E-state index in [0.29, 0.717) is 54.2 Å². The zero-order chi connectivity index (χ0) is 23.3. The van der Waals surface area contributed by atoms with E-state index >= 15 is 0 Å². The molecule has 0 radical (unpaired) electrons. The molecule has 2 heterocycles. The Kier molecular flexibility index (Phi) is 7.99. The van der Waals surface area contributed by atoms with Gasteiger partial charge in [-0.15, -0.1) is 0 Å². The van der Waals surface area contributed by atoms with Crippen molar-refractivity contribution in [2.45, 2.75) is 25.7 Å². The second kappa shape index (κ2) is 10.5. The van der Waals surface area contributed by atoms with E-state index in [2.05, 4.69) is 10.3 Å². The average molecular weight is 482 g/mol. The van der Waals surface area contributed by atoms with Crippen molar-refractivity contribution in [3.8, 4) is 0 Å². The number of carbonyl (C=O) groups excluding carboxylic acids is 2. The first-order valence-electron chi connectivity index (χ1n) is 10.3. The summed E-state index contributed by atoms with van der Waals surface area (Å²) in [6.07, 6.45) is 0. The highest BCUT2D eigenvalue weighted by Crippen LogP contribution is 2.24. The van der Waals surface area contributed by atoms with Gasteiger partial charge >= 0.3 is 5.97 Å². The van der Waals surface area contributed by atoms with Gasteiger partial charge in [0.25, 0.3) is 0 Å². The SMILES string of the molecule is Cc1nc(NCC(=O)c2ccc(S(=O)(=O)N3CCOCC3)cc2)sc1C(=O)OCC(C)C. The van der Waals surface area contributed by atoms with E-state index in [1.165, 1.54) is 28.6 Å². The number of aromatic nitrogens is 1. The molecule has 0 unspecified atom stereocenters. The number of thiazole rings is 1. The maximum Gasteiger partial charge on any atom is 0.350 e. The number of ether oxygens (including phenoxy) is 2. The molecule has 0 spiro atoms. The van der Waals surface area contributed by atoms with Crippen LogP contribution in [0, 0.1) is 12.8 Å². The van der Waals surface area contributed by atoms with Crippen LogP contribution in [0.2, 0.25) is 0 Å². The molecule has 0 amide bonds. The molecule has 2 aromatic rings. The van der Waals surface area contributed by atoms with Crippen molar-refractivity contribution < 1.29 is 27.5 Å². The number of aryl methyl sites for hydroxylation is 1. The molecule has 1 saturated heterocycles. The molecule has 9 nitrogen and oxygen atoms in total. The largest absolute Gasteiger partial charge is 0.461 e. The minimum absolute atomic E-state index is 0.0387. The average Bonchev–Trinajstić information content (AvgIpc) is 3.17. The fourth-order valence-electron chi connectivity index (χ4n) is 2.98. The molecular formula is C21H27N3O6S2. The van der Waals surface area contributed by atoms with Crippen molar-refractivity contribution in [2.75, 3.05) is 44.8 Å². The summed E-state index contributed by atoms with van der Waals surface area (Å²) in [5.41, 5.74) is 0.916. The molecule has 11 heteroatoms. The first kappa shape index (κ1) is 24.3. The van der Waals surface area contributed by atoms with Gasteiger partial charge in [0, 0.05) is 18.7 Å². The number of esters is 1. The molecule has 0 bridgehead atoms. The summed E-state index contributed by atoms with van der Waals surface area (Å²) in [5.74, 6) is -0.417. The Morgan fingerprint density at radius 1 is 1.22 bits per heavy atom. The lowest BCUT2D eigenvalue weighted by Gasteiger charge is -2.26. The van der Waals surface area contributed by atoms with Gasteiger partial charge in [-0.05, 0) is 37.1 Å². The molecule has 1 aliphatic rings. The molecule has 1 aliphatic heterocycles. The monoisotopic (exact) mass is 481 g/mol. The van der Waals surface area contributed by atoms with Crippen LogP contribution in [0.5, 0.6) is 0 Å². The zero-order valence-electron chi connectivity index (χ0n) is 18.3. The van der Waals surface area contributed by atoms with E-state index in [9.17, 15) is 18.0 Å². The number of ketones is 1. The number of hydrogen-bond donors (Lipinski definition) is 1. The van der Waals surface area contributed by atoms with E-state index in [-0.39, 0.29) is 23.1 Å². The quantitative estimate of drug-likeness (QED) is 0.429. The summed E-state index contributed by atoms with van der Waals surface area (Å²) in [6, 6.07) is 5.88. The van der Waals surface area contributed by atoms with Crippen LogP contribution in [0.15, 0.2) is 29.2 Å². The van der Waals surface area contributed by atoms with Gasteiger partial charge in [0.2, 0.25) is 10.0 Å². The Labute approximate surface area is 191 Å². The number of sulfonamides is 1. The van der Waals surface area contributed by atoms with Gasteiger partial charge in [0.15, 0.2) is 10.9 Å². The van der Waals surface area contributed by atoms with Gasteiger partial charge in [0.1, 0.15) is 4.88 Å². The first-order chi connectivity index (χ1) is 15.2. The second-order valence-electron chi connectivity index (χ2n) is 7.74. The smallest absolute Gasteiger partial charge is 0.350 e. The fraction of sp³-hybridized carbons (Fsp3) is 0.476. The number of hydrogen-bond acceptors (Lipinski definition) is 9. The molecule has 3 rings (SSSR count). The van der Waals surface area contributed by atoms with Crippen LogP contribution in [-0.4, -0.2) is 68.9 Å². The van der Waals surface area contributed by atoms with Gasteiger partial charge in [0.05, 0.1) is 37.0 Å². The van der Waals surface area contributed by atoms with E-state index in [0.717, 1.165) is 11.3 Å². The van der Waals surface area contributed by atoms with Gasteiger partial charge in [-0.25, -0.2) is 18.2 Å². The Morgan fingerprint density at radius 3 is 2.50 bits per heavy atom. The highest BCUT2D eigenvalue weighted by atomic mass is 32.2. The summed E-state index contributed by atoms with van der Waals surface area (Å²) in [4.78, 5) is 29.5. The zero-order valence-corrected chi connectivity index (χ0v) is 19.9. The van der Waals surface area contributed by atoms with Crippen molar-refractivity contribution in [2.24, 2.45) is 5.92 Å². The van der Waals surface area contributed by atoms with Crippen LogP contribution in [0.1, 0.15) is 39.6 Å². The van der Waals surface area contributed by atoms with Crippen LogP contribution >= 0.6 is 11.3 Å². The third-order valence-electron chi connectivity index (χ3n) is 4.71. The van der Waals surface area contributed by atoms with Crippen LogP contribution < -0.4 is 5.32 Å². The first-order valence-corrected chi connectivity index (χ1v) is 12.5. The van der Waals surface area contributed by atoms with Crippen molar-refractivity contribution in [3.05, 3.63) is 40.4 Å². The Balaban J connectivity index is 1.60. The van der Waals surface area contributed by atoms with Gasteiger partial charge in [-0.1, -0.05) is 25.2 Å². The Hall–Kier alpha value is -2.34. The number of rotatable bonds is 9. The van der Waals surface area contributed by atoms with Crippen LogP contribution in [0.3, 0.4) is 0 Å². The topological polar surface area (TPSA) is 115 Å². The number of benzene rings is 1. The minimum atomic E-state index is -3.61. The predicted octanol–water partition coefficient (Wildman–Crippen LogP) is 2.58. The van der Waals surface area contributed by atoms with E-state index in [4.69, 9.17) is 9.47 Å². The summed E-state index contributed by atoms with van der Waals surface area (Å²) >= 11 is 1.13. The van der Waals surface area contributed by atoms with Crippen LogP contribution in [-0.2, 0) is 19.5 Å². The molecule has 0 atom stereocenters. The van der Waals surface area contributed by atoms with E-state index < -0.39 is 16.0 Å². The minimum Gasteiger partial charge on any atom is -0.461 e. The summed E-state index contributed by atoms with van der Waals surface area (Å²) < 4.78 is 37.2. The molecule has 1 aromatic carbocycles. The Morgan fingerprint density at radius 2 is 1.88 bits per heavy atom. The molecule has 0 aliphatic carbocycles. The summed E-state index contributed by atoms with van der Waals surface area (Å²) in [6.45, 7) is 7.27. The molecule has 32 heavy (non-hydrogen) atoms.